The number of unbranched alkanes of at least 4 members (excludes halogenated alkanes) is 1. The van der Waals surface area contributed by atoms with E-state index >= 15 is 0 Å². The molecule has 176 valence electrons. The quantitative estimate of drug-likeness (QED) is 0.232. The maximum atomic E-state index is 12.1. The van der Waals surface area contributed by atoms with E-state index in [1.807, 2.05) is 66.7 Å². The van der Waals surface area contributed by atoms with Crippen molar-refractivity contribution in [3.05, 3.63) is 90.0 Å². The monoisotopic (exact) mass is 467 g/mol. The number of fused-ring (bicyclic) bond motifs is 1. The lowest BCUT2D eigenvalue weighted by atomic mass is 10.1. The van der Waals surface area contributed by atoms with Crippen LogP contribution in [0.25, 0.3) is 22.3 Å². The number of benzene rings is 3. The number of aromatic nitrogens is 2. The Hall–Kier alpha value is -4.28. The van der Waals surface area contributed by atoms with Crippen molar-refractivity contribution in [1.29, 1.82) is 5.26 Å². The van der Waals surface area contributed by atoms with E-state index in [9.17, 15) is 4.79 Å². The van der Waals surface area contributed by atoms with Crippen LogP contribution in [0.2, 0.25) is 0 Å². The highest BCUT2D eigenvalue weighted by Crippen LogP contribution is 2.27. The van der Waals surface area contributed by atoms with Gasteiger partial charge in [-0.25, -0.2) is 9.78 Å². The summed E-state index contributed by atoms with van der Waals surface area (Å²) in [6.45, 7) is 0.824. The number of carbonyl (C=O) groups is 1. The minimum atomic E-state index is -0.747. The Morgan fingerprint density at radius 2 is 1.63 bits per heavy atom. The largest absolute Gasteiger partial charge is 0.477 e. The minimum absolute atomic E-state index is 0.388. The molecular formula is C28H25N3O4. The number of esters is 1. The van der Waals surface area contributed by atoms with Gasteiger partial charge in [-0.1, -0.05) is 42.5 Å². The van der Waals surface area contributed by atoms with Gasteiger partial charge in [-0.05, 0) is 54.8 Å². The summed E-state index contributed by atoms with van der Waals surface area (Å²) in [5, 5.41) is 9.87. The molecule has 4 aromatic rings. The van der Waals surface area contributed by atoms with E-state index in [2.05, 4.69) is 16.0 Å². The lowest BCUT2D eigenvalue weighted by molar-refractivity contribution is -0.154. The summed E-state index contributed by atoms with van der Waals surface area (Å²) in [4.78, 5) is 21.4. The van der Waals surface area contributed by atoms with Gasteiger partial charge in [0.2, 0.25) is 5.88 Å². The molecule has 0 saturated heterocycles. The number of para-hydroxylation sites is 1. The fourth-order valence-electron chi connectivity index (χ4n) is 3.59. The van der Waals surface area contributed by atoms with E-state index in [1.54, 1.807) is 12.1 Å². The third-order valence-corrected chi connectivity index (χ3v) is 5.42. The lowest BCUT2D eigenvalue weighted by Gasteiger charge is -2.16. The molecule has 0 aliphatic carbocycles. The van der Waals surface area contributed by atoms with Crippen LogP contribution in [-0.4, -0.2) is 36.3 Å². The Labute approximate surface area is 203 Å². The number of hydrogen-bond acceptors (Lipinski definition) is 7. The van der Waals surface area contributed by atoms with Gasteiger partial charge in [0.15, 0.2) is 11.9 Å². The molecule has 7 nitrogen and oxygen atoms in total. The number of nitrogens with zero attached hydrogens (tertiary/aromatic N) is 3. The van der Waals surface area contributed by atoms with Gasteiger partial charge in [0.25, 0.3) is 0 Å². The number of carbonyl (C=O) groups excluding carboxylic acids is 1. The zero-order valence-corrected chi connectivity index (χ0v) is 19.4. The van der Waals surface area contributed by atoms with Gasteiger partial charge in [0.05, 0.1) is 36.3 Å². The Morgan fingerprint density at radius 3 is 2.37 bits per heavy atom. The summed E-state index contributed by atoms with van der Waals surface area (Å²) in [6, 6.07) is 26.2. The molecule has 4 rings (SSSR count). The Morgan fingerprint density at radius 1 is 0.914 bits per heavy atom. The van der Waals surface area contributed by atoms with Crippen molar-refractivity contribution in [2.45, 2.75) is 18.9 Å². The molecule has 0 bridgehead atoms. The predicted molar refractivity (Wildman–Crippen MR) is 132 cm³/mol. The van der Waals surface area contributed by atoms with Crippen molar-refractivity contribution in [1.82, 2.24) is 9.97 Å². The van der Waals surface area contributed by atoms with E-state index in [0.29, 0.717) is 43.3 Å². The fraction of sp³-hybridized carbons (Fsp3) is 0.214. The van der Waals surface area contributed by atoms with E-state index in [0.717, 1.165) is 22.0 Å². The smallest absolute Gasteiger partial charge is 0.339 e. The third-order valence-electron chi connectivity index (χ3n) is 5.42. The first kappa shape index (κ1) is 23.9. The van der Waals surface area contributed by atoms with Gasteiger partial charge in [0.1, 0.15) is 0 Å². The van der Waals surface area contributed by atoms with E-state index in [4.69, 9.17) is 19.5 Å². The standard InChI is InChI=1S/C28H25N3O4/c1-33-28(32)25(21-9-3-2-4-10-21)34-17-7-8-18-35-27-23-11-5-6-12-24(23)30-26(31-27)22-15-13-20(19-29)14-16-22/h2-6,9-16,25H,7-8,17-18H2,1H3. The van der Waals surface area contributed by atoms with Crippen LogP contribution >= 0.6 is 0 Å². The number of ether oxygens (including phenoxy) is 3. The van der Waals surface area contributed by atoms with Crippen LogP contribution in [0.4, 0.5) is 0 Å². The topological polar surface area (TPSA) is 94.3 Å². The molecule has 1 unspecified atom stereocenters. The molecule has 0 amide bonds. The van der Waals surface area contributed by atoms with E-state index < -0.39 is 12.1 Å². The number of methoxy groups -OCH3 is 1. The first-order valence-electron chi connectivity index (χ1n) is 11.3. The van der Waals surface area contributed by atoms with Crippen LogP contribution in [0.1, 0.15) is 30.1 Å². The first-order chi connectivity index (χ1) is 17.2. The third kappa shape index (κ3) is 5.99. The van der Waals surface area contributed by atoms with Gasteiger partial charge in [0, 0.05) is 12.2 Å². The van der Waals surface area contributed by atoms with Crippen molar-refractivity contribution in [3.8, 4) is 23.3 Å². The molecule has 0 N–H and O–H groups in total. The molecule has 0 aliphatic rings. The Bertz CT molecular complexity index is 1320. The normalized spacial score (nSPS) is 11.5. The number of nitriles is 1. The van der Waals surface area contributed by atoms with Gasteiger partial charge >= 0.3 is 5.97 Å². The molecule has 3 aromatic carbocycles. The Balaban J connectivity index is 1.38. The number of hydrogen-bond donors (Lipinski definition) is 0. The van der Waals surface area contributed by atoms with Crippen LogP contribution < -0.4 is 4.74 Å². The average molecular weight is 468 g/mol. The predicted octanol–water partition coefficient (Wildman–Crippen LogP) is 5.26. The van der Waals surface area contributed by atoms with Crippen molar-refractivity contribution < 1.29 is 19.0 Å². The van der Waals surface area contributed by atoms with Crippen LogP contribution in [0.15, 0.2) is 78.9 Å². The highest BCUT2D eigenvalue weighted by atomic mass is 16.6. The molecule has 1 aromatic heterocycles. The summed E-state index contributed by atoms with van der Waals surface area (Å²) >= 11 is 0. The van der Waals surface area contributed by atoms with E-state index in [-0.39, 0.29) is 0 Å². The summed E-state index contributed by atoms with van der Waals surface area (Å²) in [6.07, 6.45) is 0.668. The van der Waals surface area contributed by atoms with Gasteiger partial charge in [-0.15, -0.1) is 0 Å². The zero-order chi connectivity index (χ0) is 24.5. The molecule has 1 heterocycles. The SMILES string of the molecule is COC(=O)C(OCCCCOc1nc(-c2ccc(C#N)cc2)nc2ccccc12)c1ccccc1. The molecule has 0 spiro atoms. The molecule has 35 heavy (non-hydrogen) atoms. The van der Waals surface area contributed by atoms with Crippen LogP contribution in [0, 0.1) is 11.3 Å². The molecule has 0 fully saturated rings. The van der Waals surface area contributed by atoms with Crippen molar-refractivity contribution in [3.63, 3.8) is 0 Å². The summed E-state index contributed by atoms with van der Waals surface area (Å²) in [5.74, 6) is 0.623. The Kier molecular flexibility index (Phi) is 8.00. The van der Waals surface area contributed by atoms with Gasteiger partial charge in [-0.2, -0.15) is 10.2 Å². The van der Waals surface area contributed by atoms with Crippen molar-refractivity contribution >= 4 is 16.9 Å². The highest BCUT2D eigenvalue weighted by molar-refractivity contribution is 5.85. The first-order valence-corrected chi connectivity index (χ1v) is 11.3. The molecule has 7 heteroatoms. The highest BCUT2D eigenvalue weighted by Gasteiger charge is 2.21. The van der Waals surface area contributed by atoms with Gasteiger partial charge < -0.3 is 14.2 Å². The maximum Gasteiger partial charge on any atom is 0.339 e. The summed E-state index contributed by atoms with van der Waals surface area (Å²) in [7, 11) is 1.35. The zero-order valence-electron chi connectivity index (χ0n) is 19.4. The van der Waals surface area contributed by atoms with Gasteiger partial charge in [-0.3, -0.25) is 0 Å². The molecule has 1 atom stereocenters. The molecule has 0 radical (unpaired) electrons. The maximum absolute atomic E-state index is 12.1. The van der Waals surface area contributed by atoms with Crippen LogP contribution in [0.3, 0.4) is 0 Å². The van der Waals surface area contributed by atoms with Crippen LogP contribution in [0.5, 0.6) is 5.88 Å². The average Bonchev–Trinajstić information content (AvgIpc) is 2.92. The minimum Gasteiger partial charge on any atom is -0.477 e. The second kappa shape index (κ2) is 11.7. The van der Waals surface area contributed by atoms with Crippen molar-refractivity contribution in [2.24, 2.45) is 0 Å². The van der Waals surface area contributed by atoms with E-state index in [1.165, 1.54) is 7.11 Å². The second-order valence-electron chi connectivity index (χ2n) is 7.80. The molecular weight excluding hydrogens is 442 g/mol. The summed E-state index contributed by atoms with van der Waals surface area (Å²) < 4.78 is 16.7. The second-order valence-corrected chi connectivity index (χ2v) is 7.80. The fourth-order valence-corrected chi connectivity index (χ4v) is 3.59. The number of rotatable bonds is 10. The van der Waals surface area contributed by atoms with Crippen LogP contribution in [-0.2, 0) is 14.3 Å². The summed E-state index contributed by atoms with van der Waals surface area (Å²) in [5.41, 5.74) is 2.93. The lowest BCUT2D eigenvalue weighted by Crippen LogP contribution is -2.18. The molecule has 0 aliphatic heterocycles. The van der Waals surface area contributed by atoms with Crippen molar-refractivity contribution in [2.75, 3.05) is 20.3 Å². The molecule has 0 saturated carbocycles.